The van der Waals surface area contributed by atoms with Gasteiger partial charge in [-0.25, -0.2) is 19.6 Å². The van der Waals surface area contributed by atoms with Crippen molar-refractivity contribution in [2.45, 2.75) is 71.3 Å². The third kappa shape index (κ3) is 8.40. The molecule has 0 spiro atoms. The van der Waals surface area contributed by atoms with E-state index in [0.29, 0.717) is 16.4 Å². The first-order valence-electron chi connectivity index (χ1n) is 11.1. The Morgan fingerprint density at radius 1 is 1.14 bits per heavy atom. The second kappa shape index (κ2) is 10.8. The highest BCUT2D eigenvalue weighted by Gasteiger charge is 2.38. The first-order chi connectivity index (χ1) is 16.0. The number of thiazole rings is 1. The lowest BCUT2D eigenvalue weighted by Gasteiger charge is -2.36. The summed E-state index contributed by atoms with van der Waals surface area (Å²) in [4.78, 5) is 44.7. The number of nitrogens with zero attached hydrogens (tertiary/aromatic N) is 2. The molecule has 0 radical (unpaired) electrons. The molecular formula is C23H34N4O6SSi. The molecule has 0 bridgehead atoms. The smallest absolute Gasteiger partial charge is 0.413 e. The van der Waals surface area contributed by atoms with E-state index in [0.717, 1.165) is 0 Å². The summed E-state index contributed by atoms with van der Waals surface area (Å²) in [6.45, 7) is 15.4. The molecule has 0 fully saturated rings. The van der Waals surface area contributed by atoms with Crippen molar-refractivity contribution in [1.29, 1.82) is 0 Å². The predicted molar refractivity (Wildman–Crippen MR) is 137 cm³/mol. The van der Waals surface area contributed by atoms with Crippen LogP contribution >= 0.6 is 11.3 Å². The minimum atomic E-state index is -2.18. The van der Waals surface area contributed by atoms with Crippen LogP contribution in [0, 0.1) is 0 Å². The molecule has 2 rings (SSSR count). The van der Waals surface area contributed by atoms with Crippen LogP contribution in [0.1, 0.15) is 52.0 Å². The van der Waals surface area contributed by atoms with Gasteiger partial charge in [0.2, 0.25) is 0 Å². The van der Waals surface area contributed by atoms with Gasteiger partial charge in [0, 0.05) is 17.1 Å². The maximum atomic E-state index is 12.7. The van der Waals surface area contributed by atoms with Gasteiger partial charge >= 0.3 is 12.1 Å². The summed E-state index contributed by atoms with van der Waals surface area (Å²) >= 11 is 1.22. The number of pyridine rings is 1. The van der Waals surface area contributed by atoms with Gasteiger partial charge in [-0.05, 0) is 51.0 Å². The van der Waals surface area contributed by atoms with Crippen molar-refractivity contribution in [3.05, 3.63) is 29.4 Å². The van der Waals surface area contributed by atoms with Crippen LogP contribution in [-0.2, 0) is 14.0 Å². The van der Waals surface area contributed by atoms with Crippen LogP contribution in [0.3, 0.4) is 0 Å². The highest BCUT2D eigenvalue weighted by Crippen LogP contribution is 2.36. The Labute approximate surface area is 210 Å². The van der Waals surface area contributed by atoms with E-state index in [1.807, 2.05) is 13.1 Å². The number of amides is 2. The van der Waals surface area contributed by atoms with E-state index >= 15 is 0 Å². The first-order valence-corrected chi connectivity index (χ1v) is 14.9. The molecule has 2 aromatic rings. The maximum Gasteiger partial charge on any atom is 0.413 e. The van der Waals surface area contributed by atoms with Crippen molar-refractivity contribution in [2.24, 2.45) is 0 Å². The quantitative estimate of drug-likeness (QED) is 0.422. The lowest BCUT2D eigenvalue weighted by atomic mass is 10.2. The monoisotopic (exact) mass is 522 g/mol. The maximum absolute atomic E-state index is 12.7. The third-order valence-corrected chi connectivity index (χ3v) is 10.8. The van der Waals surface area contributed by atoms with Gasteiger partial charge in [-0.15, -0.1) is 11.3 Å². The minimum Gasteiger partial charge on any atom is -0.480 e. The van der Waals surface area contributed by atoms with Crippen molar-refractivity contribution < 1.29 is 28.7 Å². The van der Waals surface area contributed by atoms with E-state index in [2.05, 4.69) is 41.4 Å². The zero-order valence-corrected chi connectivity index (χ0v) is 23.2. The number of nitrogens with one attached hydrogen (secondary N) is 2. The number of rotatable bonds is 8. The summed E-state index contributed by atoms with van der Waals surface area (Å²) in [6.07, 6.45) is 0.900. The molecule has 0 aromatic carbocycles. The summed E-state index contributed by atoms with van der Waals surface area (Å²) < 4.78 is 11.2. The first kappa shape index (κ1) is 28.4. The molecule has 10 nitrogen and oxygen atoms in total. The molecule has 2 aromatic heterocycles. The van der Waals surface area contributed by atoms with Crippen LogP contribution in [-0.4, -0.2) is 59.6 Å². The average Bonchev–Trinajstić information content (AvgIpc) is 3.19. The number of carbonyl (C=O) groups excluding carboxylic acids is 2. The summed E-state index contributed by atoms with van der Waals surface area (Å²) in [5, 5.41) is 16.6. The molecule has 35 heavy (non-hydrogen) atoms. The Kier molecular flexibility index (Phi) is 8.79. The Morgan fingerprint density at radius 2 is 1.80 bits per heavy atom. The number of aromatic nitrogens is 2. The largest absolute Gasteiger partial charge is 0.480 e. The van der Waals surface area contributed by atoms with Crippen molar-refractivity contribution in [3.8, 4) is 10.6 Å². The Bertz CT molecular complexity index is 1060. The van der Waals surface area contributed by atoms with Gasteiger partial charge in [-0.2, -0.15) is 0 Å². The normalized spacial score (nSPS) is 13.1. The fourth-order valence-electron chi connectivity index (χ4n) is 2.43. The summed E-state index contributed by atoms with van der Waals surface area (Å²) in [5.41, 5.74) is 0.109. The van der Waals surface area contributed by atoms with Crippen molar-refractivity contribution in [1.82, 2.24) is 15.3 Å². The van der Waals surface area contributed by atoms with E-state index in [4.69, 9.17) is 9.16 Å². The van der Waals surface area contributed by atoms with Gasteiger partial charge in [0.15, 0.2) is 8.32 Å². The number of hydrogen-bond donors (Lipinski definition) is 3. The van der Waals surface area contributed by atoms with Gasteiger partial charge in [0.25, 0.3) is 5.91 Å². The van der Waals surface area contributed by atoms with Crippen LogP contribution in [0.4, 0.5) is 10.6 Å². The molecule has 2 heterocycles. The highest BCUT2D eigenvalue weighted by atomic mass is 32.1. The standard InChI is InChI=1S/C23H34N4O6SSi/c1-22(2,3)33-21(31)27-17-10-9-14(11-24-17)19-26-16(13-34-19)18(28)25-15(20(29)30)12-32-35(7,8)23(4,5)6/h9-11,13,15H,12H2,1-8H3,(H,25,28)(H,29,30)(H,24,27,31). The summed E-state index contributed by atoms with van der Waals surface area (Å²) in [6, 6.07) is 2.11. The molecule has 0 saturated carbocycles. The van der Waals surface area contributed by atoms with E-state index < -0.39 is 37.9 Å². The minimum absolute atomic E-state index is 0.0874. The van der Waals surface area contributed by atoms with E-state index in [-0.39, 0.29) is 17.3 Å². The van der Waals surface area contributed by atoms with E-state index in [1.54, 1.807) is 38.3 Å². The van der Waals surface area contributed by atoms with Crippen LogP contribution in [0.15, 0.2) is 23.7 Å². The molecule has 2 amide bonds. The van der Waals surface area contributed by atoms with E-state index in [1.165, 1.54) is 17.5 Å². The Hall–Kier alpha value is -2.83. The molecule has 12 heteroatoms. The van der Waals surface area contributed by atoms with Crippen molar-refractivity contribution in [3.63, 3.8) is 0 Å². The SMILES string of the molecule is CC(C)(C)OC(=O)Nc1ccc(-c2nc(C(=O)NC(CO[Si](C)(C)C(C)(C)C)C(=O)O)cs2)cn1. The lowest BCUT2D eigenvalue weighted by molar-refractivity contribution is -0.140. The molecule has 0 saturated heterocycles. The molecule has 0 aliphatic rings. The van der Waals surface area contributed by atoms with Gasteiger partial charge in [-0.1, -0.05) is 20.8 Å². The Morgan fingerprint density at radius 3 is 2.31 bits per heavy atom. The third-order valence-electron chi connectivity index (χ3n) is 5.40. The second-order valence-electron chi connectivity index (χ2n) is 10.5. The van der Waals surface area contributed by atoms with Crippen molar-refractivity contribution >= 4 is 43.4 Å². The molecule has 0 aliphatic carbocycles. The number of anilines is 1. The van der Waals surface area contributed by atoms with Gasteiger partial charge in [0.1, 0.15) is 28.2 Å². The number of carboxylic acids is 1. The molecule has 1 unspecified atom stereocenters. The zero-order chi connectivity index (χ0) is 26.6. The lowest BCUT2D eigenvalue weighted by Crippen LogP contribution is -2.49. The second-order valence-corrected chi connectivity index (χ2v) is 16.2. The topological polar surface area (TPSA) is 140 Å². The fraction of sp³-hybridized carbons (Fsp3) is 0.522. The Balaban J connectivity index is 2.03. The predicted octanol–water partition coefficient (Wildman–Crippen LogP) is 4.76. The number of aliphatic carboxylic acids is 1. The van der Waals surface area contributed by atoms with Gasteiger partial charge < -0.3 is 19.6 Å². The van der Waals surface area contributed by atoms with Gasteiger partial charge in [-0.3, -0.25) is 10.1 Å². The van der Waals surface area contributed by atoms with Crippen LogP contribution < -0.4 is 10.6 Å². The number of carbonyl (C=O) groups is 3. The highest BCUT2D eigenvalue weighted by molar-refractivity contribution is 7.13. The zero-order valence-electron chi connectivity index (χ0n) is 21.4. The van der Waals surface area contributed by atoms with Gasteiger partial charge in [0.05, 0.1) is 6.61 Å². The summed E-state index contributed by atoms with van der Waals surface area (Å²) in [7, 11) is -2.18. The average molecular weight is 523 g/mol. The van der Waals surface area contributed by atoms with Crippen LogP contribution in [0.2, 0.25) is 18.1 Å². The molecular weight excluding hydrogens is 488 g/mol. The number of ether oxygens (including phenoxy) is 1. The van der Waals surface area contributed by atoms with Crippen LogP contribution in [0.5, 0.6) is 0 Å². The number of hydrogen-bond acceptors (Lipinski definition) is 8. The van der Waals surface area contributed by atoms with Crippen LogP contribution in [0.25, 0.3) is 10.6 Å². The molecule has 3 N–H and O–H groups in total. The molecule has 0 aliphatic heterocycles. The number of carboxylic acid groups (broad SMARTS) is 1. The molecule has 1 atom stereocenters. The summed E-state index contributed by atoms with van der Waals surface area (Å²) in [5.74, 6) is -1.47. The van der Waals surface area contributed by atoms with Crippen molar-refractivity contribution in [2.75, 3.05) is 11.9 Å². The fourth-order valence-corrected chi connectivity index (χ4v) is 4.24. The van der Waals surface area contributed by atoms with E-state index in [9.17, 15) is 19.5 Å². The molecule has 192 valence electrons.